The van der Waals surface area contributed by atoms with Crippen molar-refractivity contribution >= 4 is 33.1 Å². The van der Waals surface area contributed by atoms with E-state index in [2.05, 4.69) is 36.5 Å². The maximum absolute atomic E-state index is 5.37. The zero-order chi connectivity index (χ0) is 38.6. The SMILES string of the molecule is C=CC.c1cncc(-c2nc3c4nc(-c5cccnc5)c(-c5cccnc5)nc4c4nc(-c5cccnc5)c(-c5cccnc5)nc4c3nc2-c2cccnc2)c1. The van der Waals surface area contributed by atoms with Crippen LogP contribution in [0, 0.1) is 0 Å². The maximum atomic E-state index is 5.37. The Morgan fingerprint density at radius 2 is 0.474 bits per heavy atom. The van der Waals surface area contributed by atoms with Crippen LogP contribution in [-0.4, -0.2) is 59.8 Å². The molecule has 0 saturated heterocycles. The molecule has 0 atom stereocenters. The standard InChI is InChI=1S/C42H24N12.C3H6/c1-7-25(19-43-13-1)31-32(26-8-2-14-44-20-26)50-38-37(49-31)39-41(53-34(28-10-4-16-46-22-28)33(51-39)27-9-3-15-45-21-27)42-40(38)52-35(29-11-5-17-47-23-29)36(54-42)30-12-6-18-48-24-30;1-3-2/h1-24H;3H,1H2,2H3. The van der Waals surface area contributed by atoms with Crippen molar-refractivity contribution < 1.29 is 0 Å². The first-order chi connectivity index (χ1) is 28.2. The summed E-state index contributed by atoms with van der Waals surface area (Å²) in [6.07, 6.45) is 22.7. The van der Waals surface area contributed by atoms with E-state index in [9.17, 15) is 0 Å². The zero-order valence-electron chi connectivity index (χ0n) is 30.5. The van der Waals surface area contributed by atoms with Crippen LogP contribution in [0.25, 0.3) is 101 Å². The van der Waals surface area contributed by atoms with Gasteiger partial charge in [0.1, 0.15) is 33.1 Å². The second kappa shape index (κ2) is 15.3. The van der Waals surface area contributed by atoms with Crippen LogP contribution in [0.15, 0.2) is 160 Å². The Bertz CT molecular complexity index is 2450. The fraction of sp³-hybridized carbons (Fsp3) is 0.0222. The van der Waals surface area contributed by atoms with Crippen LogP contribution in [0.5, 0.6) is 0 Å². The minimum absolute atomic E-state index is 0.500. The van der Waals surface area contributed by atoms with Crippen LogP contribution in [0.1, 0.15) is 6.92 Å². The number of benzene rings is 1. The molecule has 0 bridgehead atoms. The summed E-state index contributed by atoms with van der Waals surface area (Å²) >= 11 is 0. The molecular weight excluding hydrogens is 709 g/mol. The molecule has 0 fully saturated rings. The molecular formula is C45H30N12. The third-order valence-corrected chi connectivity index (χ3v) is 8.97. The van der Waals surface area contributed by atoms with Gasteiger partial charge in [-0.2, -0.15) is 0 Å². The minimum Gasteiger partial charge on any atom is -0.264 e. The second-order valence-corrected chi connectivity index (χ2v) is 12.7. The Hall–Kier alpha value is -8.12. The van der Waals surface area contributed by atoms with Gasteiger partial charge in [-0.05, 0) is 79.7 Å². The Morgan fingerprint density at radius 3 is 0.596 bits per heavy atom. The molecule has 0 aliphatic carbocycles. The fourth-order valence-corrected chi connectivity index (χ4v) is 6.52. The molecule has 9 heterocycles. The molecule has 1 aromatic carbocycles. The summed E-state index contributed by atoms with van der Waals surface area (Å²) in [6.45, 7) is 5.25. The van der Waals surface area contributed by atoms with Crippen LogP contribution in [0.2, 0.25) is 0 Å². The summed E-state index contributed by atoms with van der Waals surface area (Å²) in [6, 6.07) is 23.0. The second-order valence-electron chi connectivity index (χ2n) is 12.7. The minimum atomic E-state index is 0.500. The smallest absolute Gasteiger partial charge is 0.120 e. The van der Waals surface area contributed by atoms with Crippen LogP contribution < -0.4 is 0 Å². The highest BCUT2D eigenvalue weighted by Gasteiger charge is 2.25. The molecule has 0 aliphatic heterocycles. The zero-order valence-corrected chi connectivity index (χ0v) is 30.5. The normalized spacial score (nSPS) is 11.0. The molecule has 270 valence electrons. The number of fused-ring (bicyclic) bond motifs is 6. The van der Waals surface area contributed by atoms with Crippen molar-refractivity contribution in [2.75, 3.05) is 0 Å². The lowest BCUT2D eigenvalue weighted by Gasteiger charge is -2.17. The number of allylic oxidation sites excluding steroid dienone is 1. The van der Waals surface area contributed by atoms with Gasteiger partial charge in [-0.25, -0.2) is 29.9 Å². The van der Waals surface area contributed by atoms with Gasteiger partial charge in [-0.1, -0.05) is 6.08 Å². The Balaban J connectivity index is 0.00000137. The number of hydrogen-bond acceptors (Lipinski definition) is 12. The fourth-order valence-electron chi connectivity index (χ4n) is 6.52. The van der Waals surface area contributed by atoms with E-state index in [4.69, 9.17) is 29.9 Å². The van der Waals surface area contributed by atoms with Gasteiger partial charge in [-0.3, -0.25) is 29.9 Å². The molecule has 9 aromatic heterocycles. The van der Waals surface area contributed by atoms with Crippen molar-refractivity contribution in [2.24, 2.45) is 0 Å². The van der Waals surface area contributed by atoms with E-state index >= 15 is 0 Å². The van der Waals surface area contributed by atoms with E-state index in [1.807, 2.05) is 79.7 Å². The molecule has 0 unspecified atom stereocenters. The number of pyridine rings is 6. The summed E-state index contributed by atoms with van der Waals surface area (Å²) < 4.78 is 0. The van der Waals surface area contributed by atoms with E-state index in [-0.39, 0.29) is 0 Å². The predicted octanol–water partition coefficient (Wildman–Crippen LogP) is 9.08. The van der Waals surface area contributed by atoms with Crippen LogP contribution in [0.4, 0.5) is 0 Å². The summed E-state index contributed by atoms with van der Waals surface area (Å²) in [5, 5.41) is 0. The van der Waals surface area contributed by atoms with Gasteiger partial charge in [-0.15, -0.1) is 6.58 Å². The first kappa shape index (κ1) is 34.6. The molecule has 10 rings (SSSR count). The number of hydrogen-bond donors (Lipinski definition) is 0. The van der Waals surface area contributed by atoms with Crippen molar-refractivity contribution in [2.45, 2.75) is 6.92 Å². The van der Waals surface area contributed by atoms with Crippen molar-refractivity contribution in [1.82, 2.24) is 59.8 Å². The summed E-state index contributed by atoms with van der Waals surface area (Å²) in [5.74, 6) is 0. The number of rotatable bonds is 6. The van der Waals surface area contributed by atoms with Crippen LogP contribution >= 0.6 is 0 Å². The predicted molar refractivity (Wildman–Crippen MR) is 221 cm³/mol. The summed E-state index contributed by atoms with van der Waals surface area (Å²) in [5.41, 5.74) is 11.3. The van der Waals surface area contributed by atoms with Gasteiger partial charge < -0.3 is 0 Å². The maximum Gasteiger partial charge on any atom is 0.120 e. The lowest BCUT2D eigenvalue weighted by atomic mass is 10.0. The van der Waals surface area contributed by atoms with Crippen molar-refractivity contribution in [1.29, 1.82) is 0 Å². The van der Waals surface area contributed by atoms with Crippen LogP contribution in [0.3, 0.4) is 0 Å². The first-order valence-electron chi connectivity index (χ1n) is 18.0. The van der Waals surface area contributed by atoms with E-state index in [1.54, 1.807) is 80.4 Å². The molecule has 0 radical (unpaired) electrons. The average molecular weight is 739 g/mol. The van der Waals surface area contributed by atoms with Crippen molar-refractivity contribution in [3.05, 3.63) is 160 Å². The van der Waals surface area contributed by atoms with Gasteiger partial charge in [0.2, 0.25) is 0 Å². The number of nitrogens with zero attached hydrogens (tertiary/aromatic N) is 12. The lowest BCUT2D eigenvalue weighted by molar-refractivity contribution is 1.21. The lowest BCUT2D eigenvalue weighted by Crippen LogP contribution is -2.05. The van der Waals surface area contributed by atoms with Gasteiger partial charge in [0.15, 0.2) is 0 Å². The van der Waals surface area contributed by atoms with Gasteiger partial charge in [0.25, 0.3) is 0 Å². The van der Waals surface area contributed by atoms with E-state index in [0.29, 0.717) is 67.3 Å². The van der Waals surface area contributed by atoms with Crippen LogP contribution in [-0.2, 0) is 0 Å². The largest absolute Gasteiger partial charge is 0.264 e. The Labute approximate surface area is 326 Å². The Kier molecular flexibility index (Phi) is 9.31. The highest BCUT2D eigenvalue weighted by Crippen LogP contribution is 2.40. The van der Waals surface area contributed by atoms with Gasteiger partial charge >= 0.3 is 0 Å². The molecule has 0 spiro atoms. The summed E-state index contributed by atoms with van der Waals surface area (Å²) in [4.78, 5) is 58.7. The molecule has 12 heteroatoms. The molecule has 12 nitrogen and oxygen atoms in total. The molecule has 0 amide bonds. The average Bonchev–Trinajstić information content (AvgIpc) is 3.30. The van der Waals surface area contributed by atoms with E-state index in [0.717, 1.165) is 33.4 Å². The molecule has 0 N–H and O–H groups in total. The van der Waals surface area contributed by atoms with E-state index in [1.165, 1.54) is 0 Å². The molecule has 0 aliphatic rings. The highest BCUT2D eigenvalue weighted by molar-refractivity contribution is 6.20. The number of aromatic nitrogens is 12. The van der Waals surface area contributed by atoms with Crippen molar-refractivity contribution in [3.8, 4) is 67.5 Å². The highest BCUT2D eigenvalue weighted by atomic mass is 15.0. The molecule has 57 heavy (non-hydrogen) atoms. The molecule has 10 aromatic rings. The summed E-state index contributed by atoms with van der Waals surface area (Å²) in [7, 11) is 0. The van der Waals surface area contributed by atoms with E-state index < -0.39 is 0 Å². The third kappa shape index (κ3) is 6.57. The Morgan fingerprint density at radius 1 is 0.316 bits per heavy atom. The quantitative estimate of drug-likeness (QED) is 0.118. The third-order valence-electron chi connectivity index (χ3n) is 8.97. The van der Waals surface area contributed by atoms with Crippen molar-refractivity contribution in [3.63, 3.8) is 0 Å². The monoisotopic (exact) mass is 738 g/mol. The first-order valence-corrected chi connectivity index (χ1v) is 18.0. The van der Waals surface area contributed by atoms with Gasteiger partial charge in [0, 0.05) is 108 Å². The van der Waals surface area contributed by atoms with Gasteiger partial charge in [0.05, 0.1) is 34.2 Å². The molecule has 0 saturated carbocycles. The topological polar surface area (TPSA) is 155 Å².